The molecule has 0 saturated carbocycles. The van der Waals surface area contributed by atoms with Crippen molar-refractivity contribution < 1.29 is 14.0 Å². The van der Waals surface area contributed by atoms with Gasteiger partial charge < -0.3 is 9.80 Å². The second-order valence-corrected chi connectivity index (χ2v) is 8.13. The lowest BCUT2D eigenvalue weighted by Gasteiger charge is -2.38. The van der Waals surface area contributed by atoms with Gasteiger partial charge in [0, 0.05) is 51.7 Å². The molecule has 2 aromatic rings. The fourth-order valence-electron chi connectivity index (χ4n) is 4.36. The van der Waals surface area contributed by atoms with Gasteiger partial charge in [0.25, 0.3) is 5.91 Å². The van der Waals surface area contributed by atoms with Crippen molar-refractivity contribution in [1.82, 2.24) is 14.7 Å². The number of hydrogen-bond acceptors (Lipinski definition) is 3. The Morgan fingerprint density at radius 3 is 2.10 bits per heavy atom. The number of nitrogens with zero attached hydrogens (tertiary/aromatic N) is 3. The molecular formula is C24H28FN3O2. The molecule has 0 atom stereocenters. The minimum atomic E-state index is -0.492. The first kappa shape index (κ1) is 20.5. The standard InChI is InChI=1S/C24H28FN3O2/c25-22-9-5-4-8-21(22)24(30)27-12-10-20(11-13-27)23(29)28-16-14-26(15-17-28)18-19-6-2-1-3-7-19/h1-9,20H,10-18H2. The van der Waals surface area contributed by atoms with Crippen LogP contribution in [0.15, 0.2) is 54.6 Å². The summed E-state index contributed by atoms with van der Waals surface area (Å²) < 4.78 is 13.9. The van der Waals surface area contributed by atoms with Gasteiger partial charge in [-0.2, -0.15) is 0 Å². The normalized spacial score (nSPS) is 18.4. The Morgan fingerprint density at radius 1 is 0.800 bits per heavy atom. The highest BCUT2D eigenvalue weighted by molar-refractivity contribution is 5.94. The second-order valence-electron chi connectivity index (χ2n) is 8.13. The summed E-state index contributed by atoms with van der Waals surface area (Å²) in [6.45, 7) is 5.17. The smallest absolute Gasteiger partial charge is 0.256 e. The van der Waals surface area contributed by atoms with E-state index in [-0.39, 0.29) is 23.3 Å². The molecule has 2 saturated heterocycles. The third kappa shape index (κ3) is 4.70. The molecule has 30 heavy (non-hydrogen) atoms. The van der Waals surface area contributed by atoms with Crippen molar-refractivity contribution in [1.29, 1.82) is 0 Å². The van der Waals surface area contributed by atoms with Gasteiger partial charge in [-0.1, -0.05) is 42.5 Å². The Morgan fingerprint density at radius 2 is 1.43 bits per heavy atom. The predicted octanol–water partition coefficient (Wildman–Crippen LogP) is 3.02. The summed E-state index contributed by atoms with van der Waals surface area (Å²) >= 11 is 0. The van der Waals surface area contributed by atoms with E-state index in [0.29, 0.717) is 25.9 Å². The van der Waals surface area contributed by atoms with Crippen LogP contribution in [0.3, 0.4) is 0 Å². The third-order valence-corrected chi connectivity index (χ3v) is 6.17. The van der Waals surface area contributed by atoms with Crippen LogP contribution in [0.4, 0.5) is 4.39 Å². The van der Waals surface area contributed by atoms with Gasteiger partial charge in [0.05, 0.1) is 5.56 Å². The van der Waals surface area contributed by atoms with E-state index in [1.807, 2.05) is 11.0 Å². The molecule has 2 aromatic carbocycles. The summed E-state index contributed by atoms with van der Waals surface area (Å²) in [5, 5.41) is 0. The van der Waals surface area contributed by atoms with Gasteiger partial charge in [-0.05, 0) is 30.5 Å². The van der Waals surface area contributed by atoms with E-state index < -0.39 is 5.82 Å². The van der Waals surface area contributed by atoms with Crippen LogP contribution >= 0.6 is 0 Å². The van der Waals surface area contributed by atoms with Crippen molar-refractivity contribution in [2.75, 3.05) is 39.3 Å². The van der Waals surface area contributed by atoms with Gasteiger partial charge >= 0.3 is 0 Å². The number of piperidine rings is 1. The molecule has 0 aromatic heterocycles. The van der Waals surface area contributed by atoms with E-state index in [4.69, 9.17) is 0 Å². The fraction of sp³-hybridized carbons (Fsp3) is 0.417. The molecule has 6 heteroatoms. The second kappa shape index (κ2) is 9.39. The number of hydrogen-bond donors (Lipinski definition) is 0. The molecule has 0 aliphatic carbocycles. The highest BCUT2D eigenvalue weighted by Crippen LogP contribution is 2.23. The molecule has 2 amide bonds. The van der Waals surface area contributed by atoms with Crippen LogP contribution in [0, 0.1) is 11.7 Å². The largest absolute Gasteiger partial charge is 0.340 e. The predicted molar refractivity (Wildman–Crippen MR) is 113 cm³/mol. The summed E-state index contributed by atoms with van der Waals surface area (Å²) in [4.78, 5) is 31.6. The quantitative estimate of drug-likeness (QED) is 0.780. The Hall–Kier alpha value is -2.73. The number of rotatable bonds is 4. The van der Waals surface area contributed by atoms with Crippen LogP contribution in [0.2, 0.25) is 0 Å². The van der Waals surface area contributed by atoms with Gasteiger partial charge in [-0.25, -0.2) is 4.39 Å². The average molecular weight is 410 g/mol. The zero-order chi connectivity index (χ0) is 20.9. The molecule has 0 bridgehead atoms. The number of piperazine rings is 1. The van der Waals surface area contributed by atoms with Gasteiger partial charge in [0.15, 0.2) is 0 Å². The monoisotopic (exact) mass is 409 g/mol. The minimum Gasteiger partial charge on any atom is -0.340 e. The first-order valence-corrected chi connectivity index (χ1v) is 10.7. The van der Waals surface area contributed by atoms with Crippen molar-refractivity contribution in [3.05, 3.63) is 71.5 Å². The van der Waals surface area contributed by atoms with Crippen LogP contribution in [-0.4, -0.2) is 65.8 Å². The van der Waals surface area contributed by atoms with Crippen molar-refractivity contribution in [3.63, 3.8) is 0 Å². The molecule has 0 radical (unpaired) electrons. The van der Waals surface area contributed by atoms with Crippen LogP contribution in [0.5, 0.6) is 0 Å². The summed E-state index contributed by atoms with van der Waals surface area (Å²) in [6, 6.07) is 16.5. The topological polar surface area (TPSA) is 43.9 Å². The lowest BCUT2D eigenvalue weighted by molar-refractivity contribution is -0.138. The molecule has 5 nitrogen and oxygen atoms in total. The van der Waals surface area contributed by atoms with E-state index in [1.165, 1.54) is 17.7 Å². The number of carbonyl (C=O) groups is 2. The lowest BCUT2D eigenvalue weighted by Crippen LogP contribution is -2.51. The van der Waals surface area contributed by atoms with Crippen LogP contribution in [-0.2, 0) is 11.3 Å². The maximum Gasteiger partial charge on any atom is 0.256 e. The summed E-state index contributed by atoms with van der Waals surface area (Å²) in [5.74, 6) is -0.620. The summed E-state index contributed by atoms with van der Waals surface area (Å²) in [6.07, 6.45) is 1.28. The lowest BCUT2D eigenvalue weighted by atomic mass is 9.94. The highest BCUT2D eigenvalue weighted by Gasteiger charge is 2.32. The number of amides is 2. The average Bonchev–Trinajstić information content (AvgIpc) is 2.80. The molecule has 0 N–H and O–H groups in total. The number of benzene rings is 2. The van der Waals surface area contributed by atoms with Crippen molar-refractivity contribution >= 4 is 11.8 Å². The van der Waals surface area contributed by atoms with Gasteiger partial charge in [-0.15, -0.1) is 0 Å². The minimum absolute atomic E-state index is 0.0460. The van der Waals surface area contributed by atoms with E-state index in [0.717, 1.165) is 32.7 Å². The van der Waals surface area contributed by atoms with Gasteiger partial charge in [0.2, 0.25) is 5.91 Å². The van der Waals surface area contributed by atoms with Crippen LogP contribution in [0.1, 0.15) is 28.8 Å². The van der Waals surface area contributed by atoms with Gasteiger partial charge in [-0.3, -0.25) is 14.5 Å². The molecule has 4 rings (SSSR count). The molecule has 158 valence electrons. The van der Waals surface area contributed by atoms with Crippen molar-refractivity contribution in [2.45, 2.75) is 19.4 Å². The molecule has 2 heterocycles. The first-order valence-electron chi connectivity index (χ1n) is 10.7. The SMILES string of the molecule is O=C(c1ccccc1F)N1CCC(C(=O)N2CCN(Cc3ccccc3)CC2)CC1. The van der Waals surface area contributed by atoms with Crippen LogP contribution in [0.25, 0.3) is 0 Å². The Labute approximate surface area is 177 Å². The van der Waals surface area contributed by atoms with E-state index in [2.05, 4.69) is 29.2 Å². The molecule has 2 aliphatic rings. The zero-order valence-corrected chi connectivity index (χ0v) is 17.2. The summed E-state index contributed by atoms with van der Waals surface area (Å²) in [5.41, 5.74) is 1.40. The molecule has 2 fully saturated rings. The molecule has 2 aliphatic heterocycles. The summed E-state index contributed by atoms with van der Waals surface area (Å²) in [7, 11) is 0. The van der Waals surface area contributed by atoms with Crippen LogP contribution < -0.4 is 0 Å². The number of halogens is 1. The molecular weight excluding hydrogens is 381 g/mol. The Bertz CT molecular complexity index is 873. The Kier molecular flexibility index (Phi) is 6.43. The zero-order valence-electron chi connectivity index (χ0n) is 17.2. The fourth-order valence-corrected chi connectivity index (χ4v) is 4.36. The third-order valence-electron chi connectivity index (χ3n) is 6.17. The number of carbonyl (C=O) groups excluding carboxylic acids is 2. The van der Waals surface area contributed by atoms with E-state index in [9.17, 15) is 14.0 Å². The Balaban J connectivity index is 1.25. The molecule has 0 spiro atoms. The molecule has 0 unspecified atom stereocenters. The number of likely N-dealkylation sites (tertiary alicyclic amines) is 1. The maximum absolute atomic E-state index is 13.9. The maximum atomic E-state index is 13.9. The van der Waals surface area contributed by atoms with E-state index >= 15 is 0 Å². The van der Waals surface area contributed by atoms with Crippen molar-refractivity contribution in [2.24, 2.45) is 5.92 Å². The highest BCUT2D eigenvalue weighted by atomic mass is 19.1. The van der Waals surface area contributed by atoms with E-state index in [1.54, 1.807) is 17.0 Å². The van der Waals surface area contributed by atoms with Gasteiger partial charge in [0.1, 0.15) is 5.82 Å². The first-order chi connectivity index (χ1) is 14.6. The van der Waals surface area contributed by atoms with Crippen molar-refractivity contribution in [3.8, 4) is 0 Å².